The van der Waals surface area contributed by atoms with Crippen molar-refractivity contribution < 1.29 is 4.74 Å². The average Bonchev–Trinajstić information content (AvgIpc) is 2.80. The Bertz CT molecular complexity index is 641. The molecule has 1 aliphatic heterocycles. The zero-order chi connectivity index (χ0) is 12.5. The molecule has 1 aliphatic rings. The molecule has 0 fully saturated rings. The van der Waals surface area contributed by atoms with E-state index in [-0.39, 0.29) is 6.17 Å². The molecule has 0 spiro atoms. The first-order valence-corrected chi connectivity index (χ1v) is 5.73. The number of nitrogens with zero attached hydrogens (tertiary/aromatic N) is 3. The van der Waals surface area contributed by atoms with Crippen LogP contribution in [0.5, 0.6) is 0 Å². The first-order valence-electron chi connectivity index (χ1n) is 5.73. The second-order valence-corrected chi connectivity index (χ2v) is 4.17. The van der Waals surface area contributed by atoms with E-state index in [0.29, 0.717) is 0 Å². The van der Waals surface area contributed by atoms with Gasteiger partial charge in [-0.3, -0.25) is 9.67 Å². The molecule has 0 saturated heterocycles. The Morgan fingerprint density at radius 3 is 3.11 bits per heavy atom. The highest BCUT2D eigenvalue weighted by Gasteiger charge is 2.14. The monoisotopic (exact) mass is 242 g/mol. The molecule has 2 aromatic rings. The predicted molar refractivity (Wildman–Crippen MR) is 70.2 cm³/mol. The maximum atomic E-state index is 5.18. The number of ether oxygens (including phenoxy) is 1. The van der Waals surface area contributed by atoms with Crippen LogP contribution in [0.25, 0.3) is 10.9 Å². The summed E-state index contributed by atoms with van der Waals surface area (Å²) >= 11 is 0. The average molecular weight is 242 g/mol. The van der Waals surface area contributed by atoms with Gasteiger partial charge in [0.1, 0.15) is 6.17 Å². The normalized spacial score (nSPS) is 18.6. The number of fused-ring (bicyclic) bond motifs is 1. The molecule has 0 amide bonds. The van der Waals surface area contributed by atoms with E-state index in [2.05, 4.69) is 33.6 Å². The maximum absolute atomic E-state index is 5.18. The number of allylic oxidation sites excluding steroid dienone is 1. The molecule has 3 rings (SSSR count). The van der Waals surface area contributed by atoms with Crippen molar-refractivity contribution in [3.05, 3.63) is 41.9 Å². The highest BCUT2D eigenvalue weighted by atomic mass is 16.5. The fourth-order valence-corrected chi connectivity index (χ4v) is 2.07. The summed E-state index contributed by atoms with van der Waals surface area (Å²) in [6, 6.07) is 6.20. The van der Waals surface area contributed by atoms with Gasteiger partial charge in [0.25, 0.3) is 0 Å². The van der Waals surface area contributed by atoms with Gasteiger partial charge >= 0.3 is 0 Å². The van der Waals surface area contributed by atoms with Crippen molar-refractivity contribution in [2.24, 2.45) is 12.0 Å². The van der Waals surface area contributed by atoms with Gasteiger partial charge in [-0.2, -0.15) is 5.10 Å². The molecular weight excluding hydrogens is 228 g/mol. The van der Waals surface area contributed by atoms with Crippen LogP contribution in [0, 0.1) is 0 Å². The van der Waals surface area contributed by atoms with E-state index in [1.807, 2.05) is 17.9 Å². The van der Waals surface area contributed by atoms with E-state index in [4.69, 9.17) is 4.74 Å². The third-order valence-electron chi connectivity index (χ3n) is 3.05. The minimum absolute atomic E-state index is 0.102. The number of hydrogen-bond donors (Lipinski definition) is 1. The van der Waals surface area contributed by atoms with Crippen LogP contribution in [0.4, 0.5) is 0 Å². The molecule has 1 N–H and O–H groups in total. The third kappa shape index (κ3) is 1.73. The lowest BCUT2D eigenvalue weighted by Crippen LogP contribution is -2.23. The number of aliphatic imine (C=N–C) groups is 1. The lowest BCUT2D eigenvalue weighted by Gasteiger charge is -2.20. The van der Waals surface area contributed by atoms with Crippen LogP contribution in [0.1, 0.15) is 11.7 Å². The minimum Gasteiger partial charge on any atom is -0.482 e. The van der Waals surface area contributed by atoms with Crippen molar-refractivity contribution in [1.29, 1.82) is 0 Å². The van der Waals surface area contributed by atoms with Crippen LogP contribution in [-0.2, 0) is 11.8 Å². The molecule has 1 aromatic carbocycles. The Balaban J connectivity index is 1.95. The number of rotatable bonds is 2. The number of aromatic nitrogens is 2. The highest BCUT2D eigenvalue weighted by Crippen LogP contribution is 2.22. The Morgan fingerprint density at radius 2 is 2.28 bits per heavy atom. The fraction of sp³-hybridized carbons (Fsp3) is 0.231. The first-order chi connectivity index (χ1) is 8.78. The summed E-state index contributed by atoms with van der Waals surface area (Å²) in [4.78, 5) is 4.39. The molecule has 1 aromatic heterocycles. The Hall–Kier alpha value is -2.30. The number of benzene rings is 1. The van der Waals surface area contributed by atoms with Crippen LogP contribution >= 0.6 is 0 Å². The third-order valence-corrected chi connectivity index (χ3v) is 3.05. The Morgan fingerprint density at radius 1 is 1.39 bits per heavy atom. The van der Waals surface area contributed by atoms with Crippen LogP contribution in [0.2, 0.25) is 0 Å². The van der Waals surface area contributed by atoms with Gasteiger partial charge in [0.2, 0.25) is 0 Å². The predicted octanol–water partition coefficient (Wildman–Crippen LogP) is 1.73. The summed E-state index contributed by atoms with van der Waals surface area (Å²) < 4.78 is 7.04. The van der Waals surface area contributed by atoms with Crippen molar-refractivity contribution in [3.63, 3.8) is 0 Å². The molecule has 2 heterocycles. The Labute approximate surface area is 105 Å². The lowest BCUT2D eigenvalue weighted by atomic mass is 10.1. The molecule has 92 valence electrons. The van der Waals surface area contributed by atoms with Gasteiger partial charge in [-0.05, 0) is 17.7 Å². The van der Waals surface area contributed by atoms with Gasteiger partial charge in [0.05, 0.1) is 18.8 Å². The summed E-state index contributed by atoms with van der Waals surface area (Å²) in [5.74, 6) is 0.723. The van der Waals surface area contributed by atoms with Crippen molar-refractivity contribution in [3.8, 4) is 0 Å². The SMILES string of the molecule is COC1=CC=NC(c2ccc3c(cnn3C)c2)N1. The van der Waals surface area contributed by atoms with Gasteiger partial charge < -0.3 is 10.1 Å². The van der Waals surface area contributed by atoms with E-state index in [9.17, 15) is 0 Å². The van der Waals surface area contributed by atoms with E-state index < -0.39 is 0 Å². The molecule has 0 aliphatic carbocycles. The number of nitrogens with one attached hydrogen (secondary N) is 1. The van der Waals surface area contributed by atoms with Gasteiger partial charge in [0, 0.05) is 24.7 Å². The van der Waals surface area contributed by atoms with Crippen LogP contribution in [0.3, 0.4) is 0 Å². The number of methoxy groups -OCH3 is 1. The topological polar surface area (TPSA) is 51.4 Å². The minimum atomic E-state index is -0.102. The standard InChI is InChI=1S/C13H14N4O/c1-17-11-4-3-9(7-10(11)8-15-17)13-14-6-5-12(16-13)18-2/h3-8,13,16H,1-2H3. The van der Waals surface area contributed by atoms with Gasteiger partial charge in [0.15, 0.2) is 5.88 Å². The number of aryl methyl sites for hydroxylation is 1. The van der Waals surface area contributed by atoms with E-state index in [1.54, 1.807) is 19.4 Å². The van der Waals surface area contributed by atoms with Crippen LogP contribution in [-0.4, -0.2) is 23.1 Å². The summed E-state index contributed by atoms with van der Waals surface area (Å²) in [6.07, 6.45) is 5.32. The van der Waals surface area contributed by atoms with Crippen molar-refractivity contribution >= 4 is 17.1 Å². The van der Waals surface area contributed by atoms with Crippen molar-refractivity contribution in [2.75, 3.05) is 7.11 Å². The smallest absolute Gasteiger partial charge is 0.189 e. The molecule has 0 saturated carbocycles. The first kappa shape index (κ1) is 10.8. The lowest BCUT2D eigenvalue weighted by molar-refractivity contribution is 0.249. The molecule has 5 nitrogen and oxygen atoms in total. The van der Waals surface area contributed by atoms with E-state index in [0.717, 1.165) is 22.3 Å². The van der Waals surface area contributed by atoms with E-state index >= 15 is 0 Å². The summed E-state index contributed by atoms with van der Waals surface area (Å²) in [5.41, 5.74) is 2.20. The number of hydrogen-bond acceptors (Lipinski definition) is 4. The van der Waals surface area contributed by atoms with Gasteiger partial charge in [-0.25, -0.2) is 0 Å². The second-order valence-electron chi connectivity index (χ2n) is 4.17. The van der Waals surface area contributed by atoms with E-state index in [1.165, 1.54) is 0 Å². The highest BCUT2D eigenvalue weighted by molar-refractivity contribution is 5.79. The molecule has 1 atom stereocenters. The molecule has 1 unspecified atom stereocenters. The maximum Gasteiger partial charge on any atom is 0.189 e. The van der Waals surface area contributed by atoms with Crippen LogP contribution in [0.15, 0.2) is 41.3 Å². The summed E-state index contributed by atoms with van der Waals surface area (Å²) in [6.45, 7) is 0. The Kier molecular flexibility index (Phi) is 2.51. The fourth-order valence-electron chi connectivity index (χ4n) is 2.07. The quantitative estimate of drug-likeness (QED) is 0.872. The zero-order valence-corrected chi connectivity index (χ0v) is 10.3. The summed E-state index contributed by atoms with van der Waals surface area (Å²) in [7, 11) is 3.57. The molecular formula is C13H14N4O. The zero-order valence-electron chi connectivity index (χ0n) is 10.3. The second kappa shape index (κ2) is 4.18. The van der Waals surface area contributed by atoms with Gasteiger partial charge in [-0.1, -0.05) is 6.07 Å². The van der Waals surface area contributed by atoms with Crippen molar-refractivity contribution in [1.82, 2.24) is 15.1 Å². The molecule has 5 heteroatoms. The van der Waals surface area contributed by atoms with Crippen LogP contribution < -0.4 is 5.32 Å². The largest absolute Gasteiger partial charge is 0.482 e. The van der Waals surface area contributed by atoms with Crippen molar-refractivity contribution in [2.45, 2.75) is 6.17 Å². The molecule has 0 radical (unpaired) electrons. The molecule has 0 bridgehead atoms. The summed E-state index contributed by atoms with van der Waals surface area (Å²) in [5, 5.41) is 8.55. The van der Waals surface area contributed by atoms with Gasteiger partial charge in [-0.15, -0.1) is 0 Å². The molecule has 18 heavy (non-hydrogen) atoms.